The van der Waals surface area contributed by atoms with E-state index in [1.807, 2.05) is 60.7 Å². The van der Waals surface area contributed by atoms with E-state index < -0.39 is 58.8 Å². The number of thioether (sulfide) groups is 1. The van der Waals surface area contributed by atoms with Crippen molar-refractivity contribution in [1.29, 1.82) is 0 Å². The molecule has 1 aliphatic heterocycles. The second-order valence-corrected chi connectivity index (χ2v) is 11.6. The second kappa shape index (κ2) is 16.7. The molecular weight excluding hydrogens is 618 g/mol. The Hall–Kier alpha value is -4.46. The molecule has 1 unspecified atom stereocenters. The molecule has 0 aliphatic carbocycles. The lowest BCUT2D eigenvalue weighted by Gasteiger charge is -2.44. The SMILES string of the molecule is CC(=O)O[C@@H]1[C@@H](OC(C)=O)[C@H](Sc2ccccc2)O[C@H](COC(=O)OCC(C)c2ccccc2[N+](=O)[O-])[C@H]1OCc1ccccc1. The Morgan fingerprint density at radius 3 is 2.11 bits per heavy atom. The predicted octanol–water partition coefficient (Wildman–Crippen LogP) is 5.82. The molecule has 0 radical (unpaired) electrons. The number of carbonyl (C=O) groups excluding carboxylic acids is 3. The molecule has 1 fully saturated rings. The number of nitrogens with zero attached hydrogens (tertiary/aromatic N) is 1. The molecule has 1 heterocycles. The maximum absolute atomic E-state index is 12.7. The number of para-hydroxylation sites is 1. The van der Waals surface area contributed by atoms with Crippen molar-refractivity contribution in [3.63, 3.8) is 0 Å². The highest BCUT2D eigenvalue weighted by molar-refractivity contribution is 7.99. The molecule has 0 spiro atoms. The summed E-state index contributed by atoms with van der Waals surface area (Å²) in [6.45, 7) is 3.71. The minimum absolute atomic E-state index is 0.0817. The van der Waals surface area contributed by atoms with Crippen LogP contribution < -0.4 is 0 Å². The van der Waals surface area contributed by atoms with Gasteiger partial charge < -0.3 is 28.4 Å². The lowest BCUT2D eigenvalue weighted by atomic mass is 9.99. The number of nitro benzene ring substituents is 1. The Balaban J connectivity index is 1.54. The van der Waals surface area contributed by atoms with Gasteiger partial charge in [0.25, 0.3) is 5.69 Å². The van der Waals surface area contributed by atoms with Gasteiger partial charge in [-0.15, -0.1) is 0 Å². The van der Waals surface area contributed by atoms with Gasteiger partial charge in [0.1, 0.15) is 30.9 Å². The summed E-state index contributed by atoms with van der Waals surface area (Å²) in [6, 6.07) is 24.7. The van der Waals surface area contributed by atoms with E-state index in [-0.39, 0.29) is 25.5 Å². The van der Waals surface area contributed by atoms with Crippen LogP contribution in [0, 0.1) is 10.1 Å². The highest BCUT2D eigenvalue weighted by Gasteiger charge is 2.51. The van der Waals surface area contributed by atoms with Crippen LogP contribution in [0.1, 0.15) is 37.8 Å². The number of ether oxygens (including phenoxy) is 6. The van der Waals surface area contributed by atoms with E-state index in [1.54, 1.807) is 25.1 Å². The summed E-state index contributed by atoms with van der Waals surface area (Å²) >= 11 is 1.24. The molecule has 12 nitrogen and oxygen atoms in total. The van der Waals surface area contributed by atoms with Gasteiger partial charge >= 0.3 is 18.1 Å². The third-order valence-corrected chi connectivity index (χ3v) is 8.11. The van der Waals surface area contributed by atoms with Crippen LogP contribution in [0.15, 0.2) is 89.8 Å². The van der Waals surface area contributed by atoms with Gasteiger partial charge in [-0.05, 0) is 17.7 Å². The molecule has 3 aromatic carbocycles. The Morgan fingerprint density at radius 1 is 0.848 bits per heavy atom. The summed E-state index contributed by atoms with van der Waals surface area (Å²) in [7, 11) is 0. The molecule has 4 rings (SSSR count). The van der Waals surface area contributed by atoms with E-state index in [4.69, 9.17) is 28.4 Å². The lowest BCUT2D eigenvalue weighted by Crippen LogP contribution is -2.61. The number of benzene rings is 3. The Labute approximate surface area is 270 Å². The van der Waals surface area contributed by atoms with Crippen molar-refractivity contribution in [1.82, 2.24) is 0 Å². The summed E-state index contributed by atoms with van der Waals surface area (Å²) in [6.07, 6.45) is -5.24. The van der Waals surface area contributed by atoms with Gasteiger partial charge in [0, 0.05) is 36.3 Å². The standard InChI is InChI=1S/C33H35NO11S/c1-21(26-16-10-11-17-27(26)34(38)39)18-41-33(37)42-20-28-29(40-19-24-12-6-4-7-13-24)30(43-22(2)35)31(44-23(3)36)32(45-28)46-25-14-8-5-9-15-25/h4-17,21,28-32H,18-20H2,1-3H3/t21?,28-,29-,30+,31-,32+/m1/s1. The van der Waals surface area contributed by atoms with E-state index in [9.17, 15) is 24.5 Å². The van der Waals surface area contributed by atoms with Crippen LogP contribution in [0.5, 0.6) is 0 Å². The number of hydrogen-bond acceptors (Lipinski definition) is 12. The van der Waals surface area contributed by atoms with Crippen LogP contribution in [0.25, 0.3) is 0 Å². The fourth-order valence-electron chi connectivity index (χ4n) is 4.90. The summed E-state index contributed by atoms with van der Waals surface area (Å²) in [4.78, 5) is 49.0. The first-order chi connectivity index (χ1) is 22.1. The molecule has 244 valence electrons. The fraction of sp³-hybridized carbons (Fsp3) is 0.364. The van der Waals surface area contributed by atoms with Crippen LogP contribution >= 0.6 is 11.8 Å². The number of esters is 2. The van der Waals surface area contributed by atoms with Gasteiger partial charge in [-0.2, -0.15) is 0 Å². The van der Waals surface area contributed by atoms with Crippen molar-refractivity contribution >= 4 is 35.5 Å². The molecule has 6 atom stereocenters. The van der Waals surface area contributed by atoms with Crippen molar-refractivity contribution in [2.75, 3.05) is 13.2 Å². The monoisotopic (exact) mass is 653 g/mol. The molecule has 46 heavy (non-hydrogen) atoms. The number of rotatable bonds is 13. The maximum atomic E-state index is 12.7. The quantitative estimate of drug-likeness (QED) is 0.0947. The average Bonchev–Trinajstić information content (AvgIpc) is 3.04. The summed E-state index contributed by atoms with van der Waals surface area (Å²) in [5.41, 5.74) is 0.265. The summed E-state index contributed by atoms with van der Waals surface area (Å²) in [5, 5.41) is 11.4. The number of nitro groups is 1. The smallest absolute Gasteiger partial charge is 0.456 e. The zero-order chi connectivity index (χ0) is 33.1. The Bertz CT molecular complexity index is 1470. The van der Waals surface area contributed by atoms with Crippen LogP contribution in [-0.2, 0) is 44.6 Å². The van der Waals surface area contributed by atoms with E-state index in [0.29, 0.717) is 5.56 Å². The lowest BCUT2D eigenvalue weighted by molar-refractivity contribution is -0.385. The van der Waals surface area contributed by atoms with Crippen LogP contribution in [0.2, 0.25) is 0 Å². The van der Waals surface area contributed by atoms with E-state index in [1.165, 1.54) is 31.7 Å². The minimum atomic E-state index is -1.12. The van der Waals surface area contributed by atoms with Crippen molar-refractivity contribution in [2.45, 2.75) is 68.0 Å². The highest BCUT2D eigenvalue weighted by Crippen LogP contribution is 2.38. The molecule has 0 saturated carbocycles. The fourth-order valence-corrected chi connectivity index (χ4v) is 6.02. The van der Waals surface area contributed by atoms with Gasteiger partial charge in [0.05, 0.1) is 11.5 Å². The topological polar surface area (TPSA) is 150 Å². The molecule has 1 saturated heterocycles. The average molecular weight is 654 g/mol. The van der Waals surface area contributed by atoms with Crippen molar-refractivity contribution in [3.8, 4) is 0 Å². The van der Waals surface area contributed by atoms with E-state index >= 15 is 0 Å². The first kappa shape index (κ1) is 34.4. The largest absolute Gasteiger partial charge is 0.508 e. The van der Waals surface area contributed by atoms with Crippen LogP contribution in [0.3, 0.4) is 0 Å². The molecule has 0 aromatic heterocycles. The maximum Gasteiger partial charge on any atom is 0.508 e. The molecule has 0 amide bonds. The van der Waals surface area contributed by atoms with Crippen LogP contribution in [0.4, 0.5) is 10.5 Å². The van der Waals surface area contributed by atoms with Crippen molar-refractivity contribution < 1.29 is 47.7 Å². The van der Waals surface area contributed by atoms with E-state index in [2.05, 4.69) is 0 Å². The molecule has 0 bridgehead atoms. The van der Waals surface area contributed by atoms with Crippen molar-refractivity contribution in [3.05, 3.63) is 106 Å². The second-order valence-electron chi connectivity index (χ2n) is 10.5. The summed E-state index contributed by atoms with van der Waals surface area (Å²) in [5.74, 6) is -1.74. The van der Waals surface area contributed by atoms with Gasteiger partial charge in [-0.3, -0.25) is 19.7 Å². The third kappa shape index (κ3) is 9.77. The molecule has 13 heteroatoms. The first-order valence-electron chi connectivity index (χ1n) is 14.5. The number of hydrogen-bond donors (Lipinski definition) is 0. The van der Waals surface area contributed by atoms with E-state index in [0.717, 1.165) is 10.5 Å². The zero-order valence-corrected chi connectivity index (χ0v) is 26.3. The van der Waals surface area contributed by atoms with Gasteiger partial charge in [-0.25, -0.2) is 4.79 Å². The third-order valence-electron chi connectivity index (χ3n) is 6.96. The Morgan fingerprint density at radius 2 is 1.46 bits per heavy atom. The zero-order valence-electron chi connectivity index (χ0n) is 25.5. The Kier molecular flexibility index (Phi) is 12.5. The van der Waals surface area contributed by atoms with Gasteiger partial charge in [0.2, 0.25) is 0 Å². The molecule has 0 N–H and O–H groups in total. The summed E-state index contributed by atoms with van der Waals surface area (Å²) < 4.78 is 34.7. The predicted molar refractivity (Wildman–Crippen MR) is 166 cm³/mol. The first-order valence-corrected chi connectivity index (χ1v) is 15.4. The normalized spacial score (nSPS) is 21.4. The molecular formula is C33H35NO11S. The van der Waals surface area contributed by atoms with Crippen LogP contribution in [-0.4, -0.2) is 66.1 Å². The van der Waals surface area contributed by atoms with Gasteiger partial charge in [0.15, 0.2) is 12.2 Å². The van der Waals surface area contributed by atoms with Gasteiger partial charge in [-0.1, -0.05) is 85.4 Å². The minimum Gasteiger partial charge on any atom is -0.456 e. The molecule has 1 aliphatic rings. The van der Waals surface area contributed by atoms with Crippen molar-refractivity contribution in [2.24, 2.45) is 0 Å². The highest BCUT2D eigenvalue weighted by atomic mass is 32.2. The molecule has 3 aromatic rings. The number of carbonyl (C=O) groups is 3.